The summed E-state index contributed by atoms with van der Waals surface area (Å²) in [5.41, 5.74) is 7.55. The lowest BCUT2D eigenvalue weighted by Gasteiger charge is -2.08. The van der Waals surface area contributed by atoms with Crippen LogP contribution in [0.5, 0.6) is 0 Å². The normalized spacial score (nSPS) is 13.2. The molecule has 2 aromatic heterocycles. The predicted molar refractivity (Wildman–Crippen MR) is 120 cm³/mol. The van der Waals surface area contributed by atoms with E-state index < -0.39 is 0 Å². The van der Waals surface area contributed by atoms with E-state index >= 15 is 0 Å². The maximum absolute atomic E-state index is 4.98. The first-order valence-corrected chi connectivity index (χ1v) is 8.82. The van der Waals surface area contributed by atoms with Crippen molar-refractivity contribution in [1.82, 2.24) is 14.0 Å². The van der Waals surface area contributed by atoms with E-state index in [2.05, 4.69) is 66.4 Å². The topological polar surface area (TPSA) is 22.2 Å². The van der Waals surface area contributed by atoms with Gasteiger partial charge in [-0.2, -0.15) is 0 Å². The van der Waals surface area contributed by atoms with Crippen LogP contribution in [0.25, 0.3) is 34.7 Å². The number of nitrogens with zero attached hydrogens (tertiary/aromatic N) is 3. The van der Waals surface area contributed by atoms with Gasteiger partial charge in [0.15, 0.2) is 0 Å². The van der Waals surface area contributed by atoms with E-state index in [9.17, 15) is 0 Å². The van der Waals surface area contributed by atoms with Gasteiger partial charge in [-0.3, -0.25) is 8.97 Å². The summed E-state index contributed by atoms with van der Waals surface area (Å²) in [6, 6.07) is 6.29. The first-order valence-electron chi connectivity index (χ1n) is 8.82. The van der Waals surface area contributed by atoms with Crippen LogP contribution in [0.2, 0.25) is 0 Å². The van der Waals surface area contributed by atoms with Gasteiger partial charge in [0.2, 0.25) is 5.78 Å². The molecule has 0 bridgehead atoms. The van der Waals surface area contributed by atoms with Crippen LogP contribution in [-0.2, 0) is 0 Å². The van der Waals surface area contributed by atoms with Crippen molar-refractivity contribution in [2.75, 3.05) is 0 Å². The van der Waals surface area contributed by atoms with Crippen molar-refractivity contribution in [2.45, 2.75) is 13.8 Å². The van der Waals surface area contributed by atoms with Crippen LogP contribution in [-0.4, -0.2) is 29.6 Å². The number of allylic oxidation sites excluding steroid dienone is 6. The quantitative estimate of drug-likeness (QED) is 0.518. The van der Waals surface area contributed by atoms with Crippen LogP contribution in [0.4, 0.5) is 0 Å². The van der Waals surface area contributed by atoms with Crippen molar-refractivity contribution in [3.8, 4) is 0 Å². The molecule has 3 nitrogen and oxygen atoms in total. The fraction of sp³-hybridized carbons (Fsp3) is 0.0952. The van der Waals surface area contributed by atoms with Gasteiger partial charge in [-0.15, -0.1) is 0 Å². The number of fused-ring (bicyclic) bond motifs is 3. The highest BCUT2D eigenvalue weighted by Crippen LogP contribution is 2.28. The Balaban J connectivity index is 2.53. The first-order chi connectivity index (χ1) is 12.6. The molecule has 0 aliphatic rings. The third-order valence-corrected chi connectivity index (χ3v) is 4.58. The molecule has 0 saturated heterocycles. The largest absolute Gasteiger partial charge is 0.279 e. The molecule has 0 radical (unpaired) electrons. The summed E-state index contributed by atoms with van der Waals surface area (Å²) in [5, 5.41) is 0. The third-order valence-electron chi connectivity index (χ3n) is 4.58. The number of benzene rings is 1. The van der Waals surface area contributed by atoms with Crippen molar-refractivity contribution >= 4 is 55.8 Å². The smallest absolute Gasteiger partial charge is 0.220 e. The number of hydrogen-bond donors (Lipinski definition) is 0. The van der Waals surface area contributed by atoms with Crippen LogP contribution >= 0.6 is 0 Å². The highest BCUT2D eigenvalue weighted by atomic mass is 15.2. The van der Waals surface area contributed by atoms with Crippen LogP contribution in [0.15, 0.2) is 61.1 Å². The van der Waals surface area contributed by atoms with Crippen molar-refractivity contribution in [3.63, 3.8) is 0 Å². The summed E-state index contributed by atoms with van der Waals surface area (Å²) in [5.74, 6) is 0.888. The van der Waals surface area contributed by atoms with Crippen molar-refractivity contribution in [3.05, 3.63) is 72.5 Å². The molecule has 3 aromatic rings. The molecular formula is C21H23B2N3. The van der Waals surface area contributed by atoms with E-state index in [1.165, 1.54) is 5.46 Å². The Kier molecular flexibility index (Phi) is 4.90. The lowest BCUT2D eigenvalue weighted by Crippen LogP contribution is -2.04. The van der Waals surface area contributed by atoms with E-state index in [1.807, 2.05) is 39.9 Å². The molecule has 0 aliphatic heterocycles. The molecule has 0 aliphatic carbocycles. The molecule has 0 N–H and O–H groups in total. The molecule has 0 saturated carbocycles. The maximum atomic E-state index is 4.98. The van der Waals surface area contributed by atoms with Gasteiger partial charge < -0.3 is 0 Å². The van der Waals surface area contributed by atoms with E-state index in [0.717, 1.165) is 39.4 Å². The lowest BCUT2D eigenvalue weighted by molar-refractivity contribution is 1.10. The molecule has 2 heterocycles. The van der Waals surface area contributed by atoms with Gasteiger partial charge in [-0.25, -0.2) is 4.98 Å². The minimum atomic E-state index is 0.888. The molecule has 0 atom stereocenters. The van der Waals surface area contributed by atoms with Gasteiger partial charge in [0.25, 0.3) is 0 Å². The monoisotopic (exact) mass is 339 g/mol. The molecule has 0 unspecified atom stereocenters. The van der Waals surface area contributed by atoms with Gasteiger partial charge >= 0.3 is 0 Å². The number of para-hydroxylation sites is 1. The Hall–Kier alpha value is -2.94. The highest BCUT2D eigenvalue weighted by Gasteiger charge is 2.20. The Morgan fingerprint density at radius 2 is 1.96 bits per heavy atom. The molecule has 3 rings (SSSR count). The molecular weight excluding hydrogens is 316 g/mol. The average Bonchev–Trinajstić information content (AvgIpc) is 3.16. The Morgan fingerprint density at radius 3 is 2.58 bits per heavy atom. The van der Waals surface area contributed by atoms with Crippen LogP contribution in [0, 0.1) is 0 Å². The van der Waals surface area contributed by atoms with Gasteiger partial charge in [0.05, 0.1) is 22.4 Å². The van der Waals surface area contributed by atoms with E-state index in [1.54, 1.807) is 0 Å². The Bertz CT molecular complexity index is 1110. The van der Waals surface area contributed by atoms with Gasteiger partial charge in [-0.05, 0) is 38.1 Å². The minimum absolute atomic E-state index is 0.888. The standard InChI is InChI=1S/C21H23B2N3/c1-5-10-18-17(8-4)25(15(7-3)13-14(22)6-2)21-24-20-16(23)11-9-12-19(20)26(18)21/h5-13H,2,4,22-23H2,1,3H3/b10-5-,14-13+,15-7+. The average molecular weight is 339 g/mol. The van der Waals surface area contributed by atoms with E-state index in [-0.39, 0.29) is 0 Å². The maximum Gasteiger partial charge on any atom is 0.220 e. The Labute approximate surface area is 156 Å². The summed E-state index contributed by atoms with van der Waals surface area (Å²) in [4.78, 5) is 4.98. The zero-order valence-electron chi connectivity index (χ0n) is 16.0. The number of hydrogen-bond acceptors (Lipinski definition) is 1. The lowest BCUT2D eigenvalue weighted by atomic mass is 9.94. The first kappa shape index (κ1) is 17.9. The van der Waals surface area contributed by atoms with Crippen LogP contribution in [0.1, 0.15) is 25.2 Å². The second-order valence-electron chi connectivity index (χ2n) is 6.31. The van der Waals surface area contributed by atoms with Crippen molar-refractivity contribution in [1.29, 1.82) is 0 Å². The van der Waals surface area contributed by atoms with Gasteiger partial charge in [0.1, 0.15) is 15.7 Å². The molecule has 26 heavy (non-hydrogen) atoms. The van der Waals surface area contributed by atoms with Crippen LogP contribution < -0.4 is 5.46 Å². The molecule has 1 aromatic carbocycles. The summed E-state index contributed by atoms with van der Waals surface area (Å²) in [6.07, 6.45) is 12.1. The summed E-state index contributed by atoms with van der Waals surface area (Å²) < 4.78 is 4.37. The summed E-state index contributed by atoms with van der Waals surface area (Å²) >= 11 is 0. The van der Waals surface area contributed by atoms with E-state index in [0.29, 0.717) is 0 Å². The SMILES string of the molecule is B/C(C=C)=C/C(=C\C)n1c(C=C)c(/C=C\C)n2c3cccc(B)c3nc12. The second kappa shape index (κ2) is 7.12. The fourth-order valence-electron chi connectivity index (χ4n) is 3.29. The zero-order valence-corrected chi connectivity index (χ0v) is 16.0. The molecule has 0 spiro atoms. The van der Waals surface area contributed by atoms with Gasteiger partial charge in [-0.1, -0.05) is 54.5 Å². The third kappa shape index (κ3) is 2.70. The number of rotatable bonds is 5. The molecule has 128 valence electrons. The predicted octanol–water partition coefficient (Wildman–Crippen LogP) is 2.79. The fourth-order valence-corrected chi connectivity index (χ4v) is 3.29. The highest BCUT2D eigenvalue weighted by molar-refractivity contribution is 6.38. The van der Waals surface area contributed by atoms with Crippen molar-refractivity contribution < 1.29 is 0 Å². The molecule has 0 fully saturated rings. The Morgan fingerprint density at radius 1 is 1.19 bits per heavy atom. The number of imidazole rings is 2. The summed E-state index contributed by atoms with van der Waals surface area (Å²) in [7, 11) is 4.14. The minimum Gasteiger partial charge on any atom is -0.279 e. The van der Waals surface area contributed by atoms with Crippen LogP contribution in [0.3, 0.4) is 0 Å². The molecule has 0 amide bonds. The zero-order chi connectivity index (χ0) is 18.8. The second-order valence-corrected chi connectivity index (χ2v) is 6.31. The molecule has 5 heteroatoms. The van der Waals surface area contributed by atoms with Crippen molar-refractivity contribution in [2.24, 2.45) is 0 Å². The van der Waals surface area contributed by atoms with Gasteiger partial charge in [0, 0.05) is 5.70 Å². The summed E-state index contributed by atoms with van der Waals surface area (Å²) in [6.45, 7) is 12.0. The van der Waals surface area contributed by atoms with E-state index in [4.69, 9.17) is 4.98 Å². The number of aromatic nitrogens is 3.